The number of hydrogen-bond donors (Lipinski definition) is 2. The third kappa shape index (κ3) is 3.81. The van der Waals surface area contributed by atoms with Gasteiger partial charge in [0.25, 0.3) is 0 Å². The van der Waals surface area contributed by atoms with E-state index in [0.29, 0.717) is 0 Å². The van der Waals surface area contributed by atoms with E-state index in [1.807, 2.05) is 0 Å². The molecule has 0 bridgehead atoms. The predicted molar refractivity (Wildman–Crippen MR) is 74.2 cm³/mol. The van der Waals surface area contributed by atoms with Crippen LogP contribution < -0.4 is 0 Å². The molecule has 2 N–H and O–H groups in total. The Labute approximate surface area is 121 Å². The van der Waals surface area contributed by atoms with Crippen molar-refractivity contribution in [3.63, 3.8) is 0 Å². The number of benzene rings is 1. The van der Waals surface area contributed by atoms with Crippen molar-refractivity contribution in [1.29, 1.82) is 0 Å². The van der Waals surface area contributed by atoms with Gasteiger partial charge in [0.1, 0.15) is 0 Å². The maximum atomic E-state index is 10.7. The van der Waals surface area contributed by atoms with Crippen LogP contribution in [0.5, 0.6) is 0 Å². The average molecular weight is 380 g/mol. The fourth-order valence-corrected chi connectivity index (χ4v) is 2.16. The number of rotatable bonds is 2. The van der Waals surface area contributed by atoms with Crippen LogP contribution in [0.15, 0.2) is 21.1 Å². The number of carboxylic acids is 2. The SMILES string of the molecule is C1CCC1.O=C(O)c1ccc(C(=O)O)c(Br)c1Br. The second-order valence-electron chi connectivity index (χ2n) is 3.81. The molecule has 0 aliphatic heterocycles. The van der Waals surface area contributed by atoms with Gasteiger partial charge < -0.3 is 10.2 Å². The summed E-state index contributed by atoms with van der Waals surface area (Å²) in [5, 5.41) is 17.4. The van der Waals surface area contributed by atoms with Gasteiger partial charge in [-0.05, 0) is 44.0 Å². The van der Waals surface area contributed by atoms with E-state index >= 15 is 0 Å². The average Bonchev–Trinajstić information content (AvgIpc) is 2.18. The zero-order valence-corrected chi connectivity index (χ0v) is 12.6. The minimum Gasteiger partial charge on any atom is -0.478 e. The fourth-order valence-electron chi connectivity index (χ4n) is 1.13. The summed E-state index contributed by atoms with van der Waals surface area (Å²) in [5.41, 5.74) is 0.0313. The summed E-state index contributed by atoms with van der Waals surface area (Å²) in [6.07, 6.45) is 6.00. The Kier molecular flexibility index (Phi) is 5.81. The highest BCUT2D eigenvalue weighted by Gasteiger charge is 2.17. The highest BCUT2D eigenvalue weighted by Crippen LogP contribution is 2.30. The Morgan fingerprint density at radius 2 is 1.11 bits per heavy atom. The molecule has 0 unspecified atom stereocenters. The van der Waals surface area contributed by atoms with Gasteiger partial charge in [0.2, 0.25) is 0 Å². The van der Waals surface area contributed by atoms with Gasteiger partial charge in [0.05, 0.1) is 11.1 Å². The highest BCUT2D eigenvalue weighted by molar-refractivity contribution is 9.13. The summed E-state index contributed by atoms with van der Waals surface area (Å²) in [7, 11) is 0. The van der Waals surface area contributed by atoms with Gasteiger partial charge in [-0.15, -0.1) is 0 Å². The molecule has 0 heterocycles. The van der Waals surface area contributed by atoms with Crippen LogP contribution in [0.4, 0.5) is 0 Å². The first-order chi connectivity index (χ1) is 8.45. The Balaban J connectivity index is 0.000000341. The summed E-state index contributed by atoms with van der Waals surface area (Å²) < 4.78 is 0.454. The van der Waals surface area contributed by atoms with Crippen molar-refractivity contribution in [1.82, 2.24) is 0 Å². The summed E-state index contributed by atoms with van der Waals surface area (Å²) in [5.74, 6) is -2.23. The van der Waals surface area contributed by atoms with E-state index in [1.54, 1.807) is 0 Å². The van der Waals surface area contributed by atoms with Crippen LogP contribution in [-0.2, 0) is 0 Å². The Hall–Kier alpha value is -0.880. The number of aromatic carboxylic acids is 2. The fraction of sp³-hybridized carbons (Fsp3) is 0.333. The van der Waals surface area contributed by atoms with Gasteiger partial charge in [-0.1, -0.05) is 25.7 Å². The molecule has 98 valence electrons. The van der Waals surface area contributed by atoms with Crippen LogP contribution in [0.3, 0.4) is 0 Å². The van der Waals surface area contributed by atoms with Gasteiger partial charge in [-0.25, -0.2) is 9.59 Å². The molecule has 4 nitrogen and oxygen atoms in total. The second-order valence-corrected chi connectivity index (χ2v) is 5.40. The summed E-state index contributed by atoms with van der Waals surface area (Å²) in [6.45, 7) is 0. The first kappa shape index (κ1) is 15.2. The smallest absolute Gasteiger partial charge is 0.336 e. The summed E-state index contributed by atoms with van der Waals surface area (Å²) in [6, 6.07) is 2.47. The van der Waals surface area contributed by atoms with Crippen LogP contribution in [0.25, 0.3) is 0 Å². The topological polar surface area (TPSA) is 74.6 Å². The van der Waals surface area contributed by atoms with Crippen molar-refractivity contribution in [2.75, 3.05) is 0 Å². The van der Waals surface area contributed by atoms with Crippen molar-refractivity contribution < 1.29 is 19.8 Å². The third-order valence-corrected chi connectivity index (χ3v) is 4.72. The normalized spacial score (nSPS) is 13.0. The molecular weight excluding hydrogens is 368 g/mol. The number of halogens is 2. The second kappa shape index (κ2) is 6.89. The molecule has 2 rings (SSSR count). The minimum absolute atomic E-state index is 0.0156. The molecule has 0 atom stereocenters. The molecule has 18 heavy (non-hydrogen) atoms. The van der Waals surface area contributed by atoms with E-state index in [0.717, 1.165) is 0 Å². The van der Waals surface area contributed by atoms with Gasteiger partial charge in [0, 0.05) is 8.95 Å². The molecule has 0 spiro atoms. The van der Waals surface area contributed by atoms with E-state index in [-0.39, 0.29) is 20.1 Å². The number of carbonyl (C=O) groups is 2. The molecule has 1 aliphatic rings. The zero-order chi connectivity index (χ0) is 13.7. The molecular formula is C12H12Br2O4. The number of hydrogen-bond acceptors (Lipinski definition) is 2. The molecule has 6 heteroatoms. The molecule has 0 amide bonds. The zero-order valence-electron chi connectivity index (χ0n) is 9.45. The third-order valence-electron chi connectivity index (χ3n) is 2.54. The lowest BCUT2D eigenvalue weighted by Gasteiger charge is -2.05. The van der Waals surface area contributed by atoms with Gasteiger partial charge in [-0.3, -0.25) is 0 Å². The molecule has 0 radical (unpaired) electrons. The Morgan fingerprint density at radius 1 is 0.833 bits per heavy atom. The minimum atomic E-state index is -1.12. The molecule has 0 saturated heterocycles. The van der Waals surface area contributed by atoms with Gasteiger partial charge in [0.15, 0.2) is 0 Å². The Morgan fingerprint density at radius 3 is 1.28 bits per heavy atom. The van der Waals surface area contributed by atoms with Crippen molar-refractivity contribution in [3.8, 4) is 0 Å². The first-order valence-corrected chi connectivity index (χ1v) is 6.98. The van der Waals surface area contributed by atoms with Crippen LogP contribution >= 0.6 is 31.9 Å². The lowest BCUT2D eigenvalue weighted by Crippen LogP contribution is -2.03. The van der Waals surface area contributed by atoms with Crippen LogP contribution in [-0.4, -0.2) is 22.2 Å². The van der Waals surface area contributed by atoms with E-state index in [9.17, 15) is 9.59 Å². The quantitative estimate of drug-likeness (QED) is 0.808. The maximum absolute atomic E-state index is 10.7. The maximum Gasteiger partial charge on any atom is 0.336 e. The van der Waals surface area contributed by atoms with Gasteiger partial charge >= 0.3 is 11.9 Å². The van der Waals surface area contributed by atoms with E-state index < -0.39 is 11.9 Å². The molecule has 1 saturated carbocycles. The first-order valence-electron chi connectivity index (χ1n) is 5.39. The van der Waals surface area contributed by atoms with Crippen molar-refractivity contribution in [2.45, 2.75) is 25.7 Å². The number of carboxylic acid groups (broad SMARTS) is 2. The van der Waals surface area contributed by atoms with E-state index in [4.69, 9.17) is 10.2 Å². The lowest BCUT2D eigenvalue weighted by molar-refractivity contribution is 0.0679. The van der Waals surface area contributed by atoms with Gasteiger partial charge in [-0.2, -0.15) is 0 Å². The molecule has 0 aromatic heterocycles. The molecule has 1 aliphatic carbocycles. The summed E-state index contributed by atoms with van der Waals surface area (Å²) in [4.78, 5) is 21.3. The lowest BCUT2D eigenvalue weighted by atomic mass is 10.0. The molecule has 1 aromatic carbocycles. The predicted octanol–water partition coefficient (Wildman–Crippen LogP) is 4.17. The van der Waals surface area contributed by atoms with Crippen molar-refractivity contribution in [3.05, 3.63) is 32.2 Å². The van der Waals surface area contributed by atoms with Crippen molar-refractivity contribution in [2.24, 2.45) is 0 Å². The monoisotopic (exact) mass is 378 g/mol. The Bertz CT molecular complexity index is 424. The molecule has 1 fully saturated rings. The standard InChI is InChI=1S/C8H4Br2O4.C4H8/c9-5-3(7(11)12)1-2-4(6(5)10)8(13)14;1-2-4-3-1/h1-2H,(H,11,12)(H,13,14);1-4H2. The van der Waals surface area contributed by atoms with E-state index in [1.165, 1.54) is 37.8 Å². The highest BCUT2D eigenvalue weighted by atomic mass is 79.9. The largest absolute Gasteiger partial charge is 0.478 e. The van der Waals surface area contributed by atoms with Crippen LogP contribution in [0, 0.1) is 0 Å². The van der Waals surface area contributed by atoms with Crippen LogP contribution in [0.2, 0.25) is 0 Å². The van der Waals surface area contributed by atoms with E-state index in [2.05, 4.69) is 31.9 Å². The van der Waals surface area contributed by atoms with Crippen molar-refractivity contribution >= 4 is 43.8 Å². The molecule has 1 aromatic rings. The summed E-state index contributed by atoms with van der Waals surface area (Å²) >= 11 is 6.02. The van der Waals surface area contributed by atoms with Crippen LogP contribution in [0.1, 0.15) is 46.4 Å².